The Labute approximate surface area is 132 Å². The molecule has 1 aromatic carbocycles. The average molecular weight is 300 g/mol. The lowest BCUT2D eigenvalue weighted by Gasteiger charge is -2.28. The molecule has 0 saturated heterocycles. The second-order valence-corrected chi connectivity index (χ2v) is 5.09. The molecule has 0 bridgehead atoms. The highest BCUT2D eigenvalue weighted by molar-refractivity contribution is 5.87. The van der Waals surface area contributed by atoms with Gasteiger partial charge in [-0.25, -0.2) is 4.79 Å². The Bertz CT molecular complexity index is 545. The van der Waals surface area contributed by atoms with Gasteiger partial charge in [0.25, 0.3) is 0 Å². The van der Waals surface area contributed by atoms with Gasteiger partial charge in [-0.2, -0.15) is 0 Å². The number of carbonyl (C=O) groups is 1. The van der Waals surface area contributed by atoms with Gasteiger partial charge < -0.3 is 10.0 Å². The van der Waals surface area contributed by atoms with E-state index in [0.717, 1.165) is 16.8 Å². The van der Waals surface area contributed by atoms with Crippen molar-refractivity contribution >= 4 is 17.5 Å². The fourth-order valence-electron chi connectivity index (χ4n) is 2.58. The van der Waals surface area contributed by atoms with Crippen LogP contribution in [0.15, 0.2) is 50.1 Å². The zero-order valence-electron chi connectivity index (χ0n) is 13.4. The SMILES string of the molecule is C=CCN(CC=C)c1c(C)cc(N(CC=C)C(=O)O)cc1C. The first-order chi connectivity index (χ1) is 10.5. The monoisotopic (exact) mass is 300 g/mol. The van der Waals surface area contributed by atoms with E-state index in [2.05, 4.69) is 24.6 Å². The summed E-state index contributed by atoms with van der Waals surface area (Å²) >= 11 is 0. The van der Waals surface area contributed by atoms with Gasteiger partial charge >= 0.3 is 6.09 Å². The molecule has 4 heteroatoms. The van der Waals surface area contributed by atoms with Crippen molar-refractivity contribution in [3.8, 4) is 0 Å². The predicted molar refractivity (Wildman–Crippen MR) is 94.1 cm³/mol. The summed E-state index contributed by atoms with van der Waals surface area (Å²) in [4.78, 5) is 14.8. The Kier molecular flexibility index (Phi) is 6.45. The van der Waals surface area contributed by atoms with Gasteiger partial charge in [-0.05, 0) is 37.1 Å². The van der Waals surface area contributed by atoms with E-state index in [0.29, 0.717) is 18.8 Å². The van der Waals surface area contributed by atoms with Crippen molar-refractivity contribution in [1.82, 2.24) is 0 Å². The highest BCUT2D eigenvalue weighted by Gasteiger charge is 2.17. The standard InChI is InChI=1S/C18H24N2O2/c1-6-9-19(10-7-2)17-14(4)12-16(13-15(17)5)20(11-8-3)18(21)22/h6-8,12-13H,1-3,9-11H2,4-5H3,(H,21,22). The Morgan fingerprint density at radius 1 is 1.05 bits per heavy atom. The molecule has 1 aromatic rings. The molecule has 0 aliphatic heterocycles. The number of amides is 1. The van der Waals surface area contributed by atoms with Gasteiger partial charge in [0.15, 0.2) is 0 Å². The van der Waals surface area contributed by atoms with Crippen molar-refractivity contribution in [2.45, 2.75) is 13.8 Å². The normalized spacial score (nSPS) is 9.91. The van der Waals surface area contributed by atoms with E-state index in [-0.39, 0.29) is 6.54 Å². The summed E-state index contributed by atoms with van der Waals surface area (Å²) in [5.41, 5.74) is 3.79. The molecule has 1 rings (SSSR count). The number of rotatable bonds is 8. The molecular weight excluding hydrogens is 276 g/mol. The van der Waals surface area contributed by atoms with E-state index in [1.54, 1.807) is 6.08 Å². The maximum Gasteiger partial charge on any atom is 0.412 e. The molecule has 0 radical (unpaired) electrons. The van der Waals surface area contributed by atoms with Crippen LogP contribution in [0, 0.1) is 13.8 Å². The summed E-state index contributed by atoms with van der Waals surface area (Å²) in [7, 11) is 0. The zero-order chi connectivity index (χ0) is 16.7. The zero-order valence-corrected chi connectivity index (χ0v) is 13.4. The Morgan fingerprint density at radius 2 is 1.50 bits per heavy atom. The lowest BCUT2D eigenvalue weighted by molar-refractivity contribution is 0.202. The smallest absolute Gasteiger partial charge is 0.412 e. The molecule has 1 amide bonds. The summed E-state index contributed by atoms with van der Waals surface area (Å²) in [6.07, 6.45) is 4.28. The minimum Gasteiger partial charge on any atom is -0.465 e. The van der Waals surface area contributed by atoms with Gasteiger partial charge in [0.05, 0.1) is 0 Å². The summed E-state index contributed by atoms with van der Waals surface area (Å²) < 4.78 is 0. The fraction of sp³-hybridized carbons (Fsp3) is 0.278. The maximum atomic E-state index is 11.4. The van der Waals surface area contributed by atoms with Crippen LogP contribution < -0.4 is 9.80 Å². The van der Waals surface area contributed by atoms with E-state index in [4.69, 9.17) is 0 Å². The molecule has 0 atom stereocenters. The molecule has 0 unspecified atom stereocenters. The third-order valence-electron chi connectivity index (χ3n) is 3.35. The van der Waals surface area contributed by atoms with Crippen LogP contribution in [-0.4, -0.2) is 30.8 Å². The molecular formula is C18H24N2O2. The van der Waals surface area contributed by atoms with Crippen molar-refractivity contribution in [2.75, 3.05) is 29.4 Å². The fourth-order valence-corrected chi connectivity index (χ4v) is 2.58. The van der Waals surface area contributed by atoms with Crippen LogP contribution in [0.2, 0.25) is 0 Å². The van der Waals surface area contributed by atoms with Gasteiger partial charge in [-0.1, -0.05) is 18.2 Å². The molecule has 22 heavy (non-hydrogen) atoms. The minimum atomic E-state index is -0.986. The first-order valence-electron chi connectivity index (χ1n) is 7.15. The molecule has 118 valence electrons. The molecule has 0 heterocycles. The summed E-state index contributed by atoms with van der Waals surface area (Å²) in [6.45, 7) is 16.8. The largest absolute Gasteiger partial charge is 0.465 e. The third kappa shape index (κ3) is 4.01. The summed E-state index contributed by atoms with van der Waals surface area (Å²) in [5, 5.41) is 9.33. The highest BCUT2D eigenvalue weighted by atomic mass is 16.4. The number of anilines is 2. The number of nitrogens with zero attached hydrogens (tertiary/aromatic N) is 2. The Balaban J connectivity index is 3.30. The Morgan fingerprint density at radius 3 is 1.86 bits per heavy atom. The van der Waals surface area contributed by atoms with Gasteiger partial charge in [0, 0.05) is 31.0 Å². The van der Waals surface area contributed by atoms with Crippen LogP contribution in [0.5, 0.6) is 0 Å². The topological polar surface area (TPSA) is 43.8 Å². The van der Waals surface area contributed by atoms with Crippen LogP contribution in [0.4, 0.5) is 16.2 Å². The minimum absolute atomic E-state index is 0.261. The molecule has 1 N–H and O–H groups in total. The molecule has 0 spiro atoms. The van der Waals surface area contributed by atoms with Gasteiger partial charge in [-0.3, -0.25) is 4.90 Å². The van der Waals surface area contributed by atoms with Crippen LogP contribution in [0.3, 0.4) is 0 Å². The van der Waals surface area contributed by atoms with Gasteiger partial charge in [0.2, 0.25) is 0 Å². The van der Waals surface area contributed by atoms with Gasteiger partial charge in [0.1, 0.15) is 0 Å². The maximum absolute atomic E-state index is 11.4. The number of hydrogen-bond acceptors (Lipinski definition) is 2. The summed E-state index contributed by atoms with van der Waals surface area (Å²) in [5.74, 6) is 0. The van der Waals surface area contributed by atoms with Crippen molar-refractivity contribution in [1.29, 1.82) is 0 Å². The molecule has 4 nitrogen and oxygen atoms in total. The van der Waals surface area contributed by atoms with Crippen molar-refractivity contribution < 1.29 is 9.90 Å². The van der Waals surface area contributed by atoms with Crippen molar-refractivity contribution in [3.63, 3.8) is 0 Å². The molecule has 0 aliphatic rings. The number of hydrogen-bond donors (Lipinski definition) is 1. The summed E-state index contributed by atoms with van der Waals surface area (Å²) in [6, 6.07) is 3.78. The molecule has 0 saturated carbocycles. The quantitative estimate of drug-likeness (QED) is 0.733. The predicted octanol–water partition coefficient (Wildman–Crippen LogP) is 4.15. The van der Waals surface area contributed by atoms with E-state index in [1.165, 1.54) is 4.90 Å². The van der Waals surface area contributed by atoms with Crippen molar-refractivity contribution in [2.24, 2.45) is 0 Å². The molecule has 0 fully saturated rings. The van der Waals surface area contributed by atoms with E-state index in [9.17, 15) is 9.90 Å². The van der Waals surface area contributed by atoms with Crippen molar-refractivity contribution in [3.05, 3.63) is 61.2 Å². The Hall–Kier alpha value is -2.49. The van der Waals surface area contributed by atoms with Crippen LogP contribution >= 0.6 is 0 Å². The van der Waals surface area contributed by atoms with E-state index < -0.39 is 6.09 Å². The number of carboxylic acid groups (broad SMARTS) is 1. The lowest BCUT2D eigenvalue weighted by atomic mass is 10.1. The van der Waals surface area contributed by atoms with Crippen LogP contribution in [0.25, 0.3) is 0 Å². The van der Waals surface area contributed by atoms with Gasteiger partial charge in [-0.15, -0.1) is 19.7 Å². The van der Waals surface area contributed by atoms with E-state index >= 15 is 0 Å². The van der Waals surface area contributed by atoms with Crippen LogP contribution in [0.1, 0.15) is 11.1 Å². The van der Waals surface area contributed by atoms with E-state index in [1.807, 2.05) is 38.1 Å². The molecule has 0 aromatic heterocycles. The van der Waals surface area contributed by atoms with Crippen LogP contribution in [-0.2, 0) is 0 Å². The molecule has 0 aliphatic carbocycles. The number of aryl methyl sites for hydroxylation is 2. The highest BCUT2D eigenvalue weighted by Crippen LogP contribution is 2.30. The average Bonchev–Trinajstić information content (AvgIpc) is 2.44. The second-order valence-electron chi connectivity index (χ2n) is 5.09. The number of benzene rings is 1. The third-order valence-corrected chi connectivity index (χ3v) is 3.35. The lowest BCUT2D eigenvalue weighted by Crippen LogP contribution is -2.30. The first-order valence-corrected chi connectivity index (χ1v) is 7.15. The second kappa shape index (κ2) is 8.08. The first kappa shape index (κ1) is 17.6.